The standard InChI is InChI=1S/C49H92O5/c1-4-7-10-13-16-19-21-23-25-26-28-31-33-36-39-42-48(50)53-46-47(54-49(51)43-40-37-34-30-18-15-12-9-6-3)45-52-44-41-38-35-32-29-27-24-22-20-17-14-11-8-5-2/h16,19,23,25,47H,4-15,17-18,20-22,24,26-46H2,1-3H3/b19-16-,25-23-. The van der Waals surface area contributed by atoms with E-state index < -0.39 is 6.10 Å². The molecule has 0 rings (SSSR count). The van der Waals surface area contributed by atoms with Crippen LogP contribution in [0, 0.1) is 0 Å². The van der Waals surface area contributed by atoms with Gasteiger partial charge in [-0.25, -0.2) is 0 Å². The third-order valence-corrected chi connectivity index (χ3v) is 10.5. The first kappa shape index (κ1) is 52.4. The summed E-state index contributed by atoms with van der Waals surface area (Å²) < 4.78 is 17.3. The van der Waals surface area contributed by atoms with E-state index in [4.69, 9.17) is 14.2 Å². The van der Waals surface area contributed by atoms with Gasteiger partial charge in [0.05, 0.1) is 6.61 Å². The van der Waals surface area contributed by atoms with Gasteiger partial charge in [-0.3, -0.25) is 9.59 Å². The molecule has 0 aromatic heterocycles. The third kappa shape index (κ3) is 43.1. The lowest BCUT2D eigenvalue weighted by atomic mass is 10.0. The molecule has 0 radical (unpaired) electrons. The Kier molecular flexibility index (Phi) is 44.4. The van der Waals surface area contributed by atoms with E-state index in [2.05, 4.69) is 45.1 Å². The van der Waals surface area contributed by atoms with Crippen LogP contribution in [0.5, 0.6) is 0 Å². The van der Waals surface area contributed by atoms with E-state index in [-0.39, 0.29) is 18.5 Å². The van der Waals surface area contributed by atoms with Crippen LogP contribution in [0.1, 0.15) is 252 Å². The number of ether oxygens (including phenoxy) is 3. The normalized spacial score (nSPS) is 12.3. The minimum absolute atomic E-state index is 0.0847. The van der Waals surface area contributed by atoms with Crippen molar-refractivity contribution in [1.82, 2.24) is 0 Å². The Balaban J connectivity index is 4.20. The Morgan fingerprint density at radius 2 is 0.778 bits per heavy atom. The van der Waals surface area contributed by atoms with Crippen molar-refractivity contribution in [2.75, 3.05) is 19.8 Å². The summed E-state index contributed by atoms with van der Waals surface area (Å²) in [4.78, 5) is 25.2. The Hall–Kier alpha value is -1.62. The minimum atomic E-state index is -0.531. The second kappa shape index (κ2) is 45.8. The van der Waals surface area contributed by atoms with Crippen LogP contribution < -0.4 is 0 Å². The highest BCUT2D eigenvalue weighted by Crippen LogP contribution is 2.15. The first-order valence-corrected chi connectivity index (χ1v) is 23.9. The van der Waals surface area contributed by atoms with Crippen LogP contribution in [-0.2, 0) is 23.8 Å². The fourth-order valence-electron chi connectivity index (χ4n) is 6.89. The van der Waals surface area contributed by atoms with E-state index in [0.717, 1.165) is 51.4 Å². The Bertz CT molecular complexity index is 821. The van der Waals surface area contributed by atoms with E-state index in [9.17, 15) is 9.59 Å². The predicted molar refractivity (Wildman–Crippen MR) is 233 cm³/mol. The molecule has 0 heterocycles. The number of allylic oxidation sites excluding steroid dienone is 4. The maximum Gasteiger partial charge on any atom is 0.306 e. The molecule has 0 aliphatic rings. The second-order valence-corrected chi connectivity index (χ2v) is 16.0. The Morgan fingerprint density at radius 3 is 1.26 bits per heavy atom. The fraction of sp³-hybridized carbons (Fsp3) is 0.878. The highest BCUT2D eigenvalue weighted by molar-refractivity contribution is 5.70. The average Bonchev–Trinajstić information content (AvgIpc) is 3.17. The predicted octanol–water partition coefficient (Wildman–Crippen LogP) is 15.7. The van der Waals surface area contributed by atoms with Gasteiger partial charge in [0, 0.05) is 19.4 Å². The molecule has 1 unspecified atom stereocenters. The molecule has 0 fully saturated rings. The molecule has 0 N–H and O–H groups in total. The van der Waals surface area contributed by atoms with E-state index in [1.54, 1.807) is 0 Å². The molecule has 5 heteroatoms. The molecule has 0 saturated carbocycles. The monoisotopic (exact) mass is 761 g/mol. The van der Waals surface area contributed by atoms with Crippen molar-refractivity contribution >= 4 is 11.9 Å². The Morgan fingerprint density at radius 1 is 0.407 bits per heavy atom. The molecule has 1 atom stereocenters. The Labute approximate surface area is 337 Å². The highest BCUT2D eigenvalue weighted by atomic mass is 16.6. The minimum Gasteiger partial charge on any atom is -0.462 e. The van der Waals surface area contributed by atoms with Gasteiger partial charge in [-0.1, -0.05) is 212 Å². The van der Waals surface area contributed by atoms with Crippen molar-refractivity contribution < 1.29 is 23.8 Å². The van der Waals surface area contributed by atoms with Crippen LogP contribution in [-0.4, -0.2) is 37.9 Å². The molecule has 0 aliphatic carbocycles. The summed E-state index contributed by atoms with van der Waals surface area (Å²) in [6, 6.07) is 0. The van der Waals surface area contributed by atoms with Crippen LogP contribution >= 0.6 is 0 Å². The molecule has 54 heavy (non-hydrogen) atoms. The molecular weight excluding hydrogens is 669 g/mol. The van der Waals surface area contributed by atoms with Crippen molar-refractivity contribution in [1.29, 1.82) is 0 Å². The second-order valence-electron chi connectivity index (χ2n) is 16.0. The van der Waals surface area contributed by atoms with Gasteiger partial charge in [-0.2, -0.15) is 0 Å². The first-order valence-electron chi connectivity index (χ1n) is 23.9. The van der Waals surface area contributed by atoms with Gasteiger partial charge in [0.1, 0.15) is 6.61 Å². The molecular formula is C49H92O5. The lowest BCUT2D eigenvalue weighted by molar-refractivity contribution is -0.163. The van der Waals surface area contributed by atoms with Crippen LogP contribution in [0.2, 0.25) is 0 Å². The molecule has 0 aromatic carbocycles. The number of hydrogen-bond acceptors (Lipinski definition) is 5. The van der Waals surface area contributed by atoms with Crippen LogP contribution in [0.25, 0.3) is 0 Å². The molecule has 0 amide bonds. The van der Waals surface area contributed by atoms with E-state index in [1.807, 2.05) is 0 Å². The number of esters is 2. The topological polar surface area (TPSA) is 61.8 Å². The number of rotatable bonds is 44. The van der Waals surface area contributed by atoms with Crippen molar-refractivity contribution in [2.24, 2.45) is 0 Å². The van der Waals surface area contributed by atoms with Crippen LogP contribution in [0.3, 0.4) is 0 Å². The van der Waals surface area contributed by atoms with E-state index in [1.165, 1.54) is 167 Å². The lowest BCUT2D eigenvalue weighted by Crippen LogP contribution is -2.30. The maximum absolute atomic E-state index is 12.7. The van der Waals surface area contributed by atoms with Gasteiger partial charge in [-0.05, 0) is 51.4 Å². The molecule has 0 saturated heterocycles. The van der Waals surface area contributed by atoms with Crippen molar-refractivity contribution in [3.63, 3.8) is 0 Å². The lowest BCUT2D eigenvalue weighted by Gasteiger charge is -2.18. The number of hydrogen-bond donors (Lipinski definition) is 0. The zero-order chi connectivity index (χ0) is 39.3. The number of carbonyl (C=O) groups is 2. The average molecular weight is 761 g/mol. The van der Waals surface area contributed by atoms with Gasteiger partial charge in [-0.15, -0.1) is 0 Å². The van der Waals surface area contributed by atoms with Gasteiger partial charge >= 0.3 is 11.9 Å². The largest absolute Gasteiger partial charge is 0.462 e. The van der Waals surface area contributed by atoms with E-state index >= 15 is 0 Å². The molecule has 318 valence electrons. The summed E-state index contributed by atoms with van der Waals surface area (Å²) in [6.07, 6.45) is 51.7. The summed E-state index contributed by atoms with van der Waals surface area (Å²) in [5.74, 6) is -0.402. The van der Waals surface area contributed by atoms with Crippen LogP contribution in [0.4, 0.5) is 0 Å². The van der Waals surface area contributed by atoms with Crippen molar-refractivity contribution in [3.05, 3.63) is 24.3 Å². The summed E-state index contributed by atoms with van der Waals surface area (Å²) >= 11 is 0. The summed E-state index contributed by atoms with van der Waals surface area (Å²) in [7, 11) is 0. The molecule has 0 aliphatic heterocycles. The zero-order valence-corrected chi connectivity index (χ0v) is 36.5. The summed E-state index contributed by atoms with van der Waals surface area (Å²) in [5, 5.41) is 0. The van der Waals surface area contributed by atoms with Gasteiger partial charge in [0.25, 0.3) is 0 Å². The molecule has 0 bridgehead atoms. The van der Waals surface area contributed by atoms with Crippen molar-refractivity contribution in [3.8, 4) is 0 Å². The van der Waals surface area contributed by atoms with Gasteiger partial charge in [0.2, 0.25) is 0 Å². The highest BCUT2D eigenvalue weighted by Gasteiger charge is 2.17. The fourth-order valence-corrected chi connectivity index (χ4v) is 6.89. The number of carbonyl (C=O) groups excluding carboxylic acids is 2. The first-order chi connectivity index (χ1) is 26.6. The maximum atomic E-state index is 12.7. The van der Waals surface area contributed by atoms with Gasteiger partial charge < -0.3 is 14.2 Å². The molecule has 0 aromatic rings. The quantitative estimate of drug-likeness (QED) is 0.0352. The third-order valence-electron chi connectivity index (χ3n) is 10.5. The molecule has 0 spiro atoms. The number of unbranched alkanes of at least 4 members (excludes halogenated alkanes) is 29. The van der Waals surface area contributed by atoms with E-state index in [0.29, 0.717) is 26.1 Å². The molecule has 5 nitrogen and oxygen atoms in total. The zero-order valence-electron chi connectivity index (χ0n) is 36.5. The van der Waals surface area contributed by atoms with Crippen molar-refractivity contribution in [2.45, 2.75) is 258 Å². The summed E-state index contributed by atoms with van der Waals surface area (Å²) in [6.45, 7) is 7.81. The smallest absolute Gasteiger partial charge is 0.306 e. The van der Waals surface area contributed by atoms with Gasteiger partial charge in [0.15, 0.2) is 6.10 Å². The summed E-state index contributed by atoms with van der Waals surface area (Å²) in [5.41, 5.74) is 0. The van der Waals surface area contributed by atoms with Crippen LogP contribution in [0.15, 0.2) is 24.3 Å². The SMILES string of the molecule is CCCCC/C=C\C/C=C\CCCCCCCC(=O)OCC(COCCCCCCCCCCCCCCCC)OC(=O)CCCCCCCCCCC.